The molecule has 0 radical (unpaired) electrons. The minimum absolute atomic E-state index is 0.160. The topological polar surface area (TPSA) is 61.1 Å². The van der Waals surface area contributed by atoms with E-state index in [0.717, 1.165) is 0 Å². The van der Waals surface area contributed by atoms with Crippen LogP contribution in [0.2, 0.25) is 0 Å². The summed E-state index contributed by atoms with van der Waals surface area (Å²) in [5, 5.41) is 0.547. The normalized spacial score (nSPS) is 19.9. The van der Waals surface area contributed by atoms with E-state index in [-0.39, 0.29) is 34.1 Å². The number of nitrogens with zero attached hydrogens (tertiary/aromatic N) is 2. The Bertz CT molecular complexity index is 1410. The number of halogens is 2. The summed E-state index contributed by atoms with van der Waals surface area (Å²) in [4.78, 5) is 40.1. The number of carbonyl (C=O) groups excluding carboxylic acids is 1. The molecule has 0 saturated carbocycles. The first kappa shape index (κ1) is 19.2. The highest BCUT2D eigenvalue weighted by Gasteiger charge is 2.45. The highest BCUT2D eigenvalue weighted by atomic mass is 79.9. The van der Waals surface area contributed by atoms with E-state index in [1.165, 1.54) is 15.4 Å². The summed E-state index contributed by atoms with van der Waals surface area (Å²) >= 11 is 3.25. The van der Waals surface area contributed by atoms with Gasteiger partial charge in [-0.15, -0.1) is 0 Å². The highest BCUT2D eigenvalue weighted by molar-refractivity contribution is 9.10. The summed E-state index contributed by atoms with van der Waals surface area (Å²) in [5.41, 5.74) is -0.126. The number of hydrogen-bond donors (Lipinski definition) is 0. The molecule has 2 heterocycles. The lowest BCUT2D eigenvalue weighted by Crippen LogP contribution is -2.37. The van der Waals surface area contributed by atoms with Gasteiger partial charge in [0.1, 0.15) is 11.9 Å². The van der Waals surface area contributed by atoms with Crippen molar-refractivity contribution >= 4 is 38.2 Å². The molecule has 5 nitrogen and oxygen atoms in total. The molecule has 152 valence electrons. The lowest BCUT2D eigenvalue weighted by Gasteiger charge is -2.30. The number of fused-ring (bicyclic) bond motifs is 3. The molecule has 7 heteroatoms. The minimum Gasteiger partial charge on any atom is -0.294 e. The van der Waals surface area contributed by atoms with Crippen LogP contribution < -0.4 is 11.1 Å². The van der Waals surface area contributed by atoms with Crippen molar-refractivity contribution in [3.8, 4) is 0 Å². The second-order valence-corrected chi connectivity index (χ2v) is 9.60. The van der Waals surface area contributed by atoms with Gasteiger partial charge in [0.25, 0.3) is 11.1 Å². The number of hydrogen-bond acceptors (Lipinski definition) is 3. The summed E-state index contributed by atoms with van der Waals surface area (Å²) in [6, 6.07) is 10.1. The standard InChI is InChI=1S/C23H18BrFN2O3/c1-23(2)10-17-19(18(28)11-23)20(15-8-7-12(24)9-16(15)25)27-22(30)14-6-4-3-5-13(14)21(29)26(17)27/h3-9,20H,10-11H2,1-2H3. The maximum Gasteiger partial charge on any atom is 0.277 e. The molecule has 0 spiro atoms. The van der Waals surface area contributed by atoms with E-state index in [2.05, 4.69) is 15.9 Å². The average Bonchev–Trinajstić information content (AvgIpc) is 3.00. The van der Waals surface area contributed by atoms with Gasteiger partial charge in [0.15, 0.2) is 5.78 Å². The number of Topliss-reactive ketones (excluding diaryl/α,β-unsaturated/α-hetero) is 1. The Labute approximate surface area is 179 Å². The largest absolute Gasteiger partial charge is 0.294 e. The molecule has 1 atom stereocenters. The lowest BCUT2D eigenvalue weighted by atomic mass is 9.74. The smallest absolute Gasteiger partial charge is 0.277 e. The fourth-order valence-electron chi connectivity index (χ4n) is 4.70. The van der Waals surface area contributed by atoms with Crippen molar-refractivity contribution in [1.82, 2.24) is 9.36 Å². The minimum atomic E-state index is -0.971. The fraction of sp³-hybridized carbons (Fsp3) is 0.261. The van der Waals surface area contributed by atoms with Crippen LogP contribution in [0.3, 0.4) is 0 Å². The molecule has 5 rings (SSSR count). The molecular weight excluding hydrogens is 451 g/mol. The Hall–Kier alpha value is -2.80. The molecule has 0 N–H and O–H groups in total. The Kier molecular flexibility index (Phi) is 4.06. The van der Waals surface area contributed by atoms with E-state index in [4.69, 9.17) is 0 Å². The third-order valence-corrected chi connectivity index (χ3v) is 6.42. The Morgan fingerprint density at radius 3 is 2.33 bits per heavy atom. The van der Waals surface area contributed by atoms with Crippen LogP contribution in [-0.2, 0) is 4.79 Å². The SMILES string of the molecule is CC1(C)CC(=O)C2=C(C1)n1c(=O)c3ccccc3c(=O)n1C2c1ccc(Br)cc1F. The molecular formula is C23H18BrFN2O3. The van der Waals surface area contributed by atoms with E-state index >= 15 is 4.39 Å². The van der Waals surface area contributed by atoms with Gasteiger partial charge >= 0.3 is 0 Å². The molecule has 1 aliphatic heterocycles. The fourth-order valence-corrected chi connectivity index (χ4v) is 5.03. The van der Waals surface area contributed by atoms with E-state index in [1.54, 1.807) is 36.4 Å². The molecule has 2 aromatic carbocycles. The van der Waals surface area contributed by atoms with Crippen LogP contribution in [0.1, 0.15) is 38.3 Å². The van der Waals surface area contributed by atoms with Gasteiger partial charge in [0.05, 0.1) is 16.5 Å². The Balaban J connectivity index is 1.94. The lowest BCUT2D eigenvalue weighted by molar-refractivity contribution is -0.118. The molecule has 0 saturated heterocycles. The van der Waals surface area contributed by atoms with Crippen molar-refractivity contribution in [3.05, 3.63) is 84.6 Å². The van der Waals surface area contributed by atoms with Crippen molar-refractivity contribution in [2.24, 2.45) is 5.41 Å². The van der Waals surface area contributed by atoms with Gasteiger partial charge in [-0.1, -0.05) is 48.0 Å². The van der Waals surface area contributed by atoms with E-state index in [1.807, 2.05) is 13.8 Å². The van der Waals surface area contributed by atoms with E-state index < -0.39 is 17.4 Å². The van der Waals surface area contributed by atoms with Gasteiger partial charge in [-0.3, -0.25) is 14.4 Å². The molecule has 0 amide bonds. The molecule has 1 aromatic heterocycles. The molecule has 1 unspecified atom stereocenters. The Morgan fingerprint density at radius 1 is 1.00 bits per heavy atom. The first-order valence-electron chi connectivity index (χ1n) is 9.68. The van der Waals surface area contributed by atoms with Gasteiger partial charge in [-0.05, 0) is 36.1 Å². The molecule has 1 aliphatic carbocycles. The number of carbonyl (C=O) groups is 1. The van der Waals surface area contributed by atoms with Crippen molar-refractivity contribution in [2.75, 3.05) is 0 Å². The molecule has 0 fully saturated rings. The molecule has 3 aromatic rings. The second kappa shape index (κ2) is 6.35. The molecule has 2 aliphatic rings. The highest BCUT2D eigenvalue weighted by Crippen LogP contribution is 2.47. The molecule has 0 bridgehead atoms. The number of benzene rings is 2. The predicted molar refractivity (Wildman–Crippen MR) is 116 cm³/mol. The number of rotatable bonds is 1. The van der Waals surface area contributed by atoms with Crippen LogP contribution >= 0.6 is 15.9 Å². The summed E-state index contributed by atoms with van der Waals surface area (Å²) in [7, 11) is 0. The summed E-state index contributed by atoms with van der Waals surface area (Å²) in [6.07, 6.45) is 0.720. The average molecular weight is 469 g/mol. The van der Waals surface area contributed by atoms with Crippen LogP contribution in [0.5, 0.6) is 0 Å². The Morgan fingerprint density at radius 2 is 1.67 bits per heavy atom. The van der Waals surface area contributed by atoms with Gasteiger partial charge in [0.2, 0.25) is 0 Å². The monoisotopic (exact) mass is 468 g/mol. The number of ketones is 1. The zero-order valence-corrected chi connectivity index (χ0v) is 18.0. The second-order valence-electron chi connectivity index (χ2n) is 8.68. The summed E-state index contributed by atoms with van der Waals surface area (Å²) < 4.78 is 18.1. The van der Waals surface area contributed by atoms with Gasteiger partial charge in [-0.25, -0.2) is 13.8 Å². The zero-order chi connectivity index (χ0) is 21.4. The quantitative estimate of drug-likeness (QED) is 0.535. The van der Waals surface area contributed by atoms with Gasteiger partial charge in [-0.2, -0.15) is 0 Å². The van der Waals surface area contributed by atoms with E-state index in [0.29, 0.717) is 27.5 Å². The first-order chi connectivity index (χ1) is 14.2. The van der Waals surface area contributed by atoms with Crippen molar-refractivity contribution in [3.63, 3.8) is 0 Å². The van der Waals surface area contributed by atoms with Crippen LogP contribution in [0, 0.1) is 11.2 Å². The van der Waals surface area contributed by atoms with Crippen LogP contribution in [0.15, 0.2) is 62.1 Å². The number of aromatic nitrogens is 2. The maximum atomic E-state index is 15.0. The van der Waals surface area contributed by atoms with Gasteiger partial charge in [0, 0.05) is 22.0 Å². The predicted octanol–water partition coefficient (Wildman–Crippen LogP) is 4.27. The third kappa shape index (κ3) is 2.61. The first-order valence-corrected chi connectivity index (χ1v) is 10.5. The third-order valence-electron chi connectivity index (χ3n) is 5.93. The summed E-state index contributed by atoms with van der Waals surface area (Å²) in [5.74, 6) is -0.701. The van der Waals surface area contributed by atoms with Crippen LogP contribution in [0.25, 0.3) is 16.5 Å². The maximum absolute atomic E-state index is 15.0. The van der Waals surface area contributed by atoms with Crippen molar-refractivity contribution < 1.29 is 9.18 Å². The van der Waals surface area contributed by atoms with Crippen LogP contribution in [-0.4, -0.2) is 15.1 Å². The van der Waals surface area contributed by atoms with Gasteiger partial charge < -0.3 is 0 Å². The van der Waals surface area contributed by atoms with Crippen molar-refractivity contribution in [2.45, 2.75) is 32.7 Å². The zero-order valence-electron chi connectivity index (χ0n) is 16.4. The summed E-state index contributed by atoms with van der Waals surface area (Å²) in [6.45, 7) is 3.91. The van der Waals surface area contributed by atoms with Crippen LogP contribution in [0.4, 0.5) is 4.39 Å². The molecule has 30 heavy (non-hydrogen) atoms. The van der Waals surface area contributed by atoms with Crippen molar-refractivity contribution in [1.29, 1.82) is 0 Å². The number of allylic oxidation sites excluding steroid dienone is 2. The van der Waals surface area contributed by atoms with E-state index in [9.17, 15) is 14.4 Å².